The molecule has 1 aromatic rings. The minimum absolute atomic E-state index is 0.0115. The van der Waals surface area contributed by atoms with E-state index in [1.54, 1.807) is 0 Å². The van der Waals surface area contributed by atoms with E-state index < -0.39 is 0 Å². The fourth-order valence-electron chi connectivity index (χ4n) is 1.49. The first-order valence-corrected chi connectivity index (χ1v) is 6.97. The standard InChI is InChI=1S/C13H19BrN2OS/c1-13(2,3)16-12(18)15-11(8-17)9-5-4-6-10(14)7-9/h4-7,11,17H,8H2,1-3H3,(H2,15,16,18). The van der Waals surface area contributed by atoms with E-state index in [0.29, 0.717) is 5.11 Å². The number of thiocarbonyl (C=S) groups is 1. The van der Waals surface area contributed by atoms with Gasteiger partial charge in [-0.2, -0.15) is 0 Å². The molecule has 1 rings (SSSR count). The average molecular weight is 331 g/mol. The second-order valence-corrected chi connectivity index (χ2v) is 6.46. The van der Waals surface area contributed by atoms with Gasteiger partial charge in [-0.05, 0) is 50.7 Å². The van der Waals surface area contributed by atoms with Gasteiger partial charge in [-0.3, -0.25) is 0 Å². The van der Waals surface area contributed by atoms with Crippen LogP contribution in [0.25, 0.3) is 0 Å². The van der Waals surface area contributed by atoms with Crippen LogP contribution in [-0.2, 0) is 0 Å². The van der Waals surface area contributed by atoms with Crippen molar-refractivity contribution in [2.45, 2.75) is 32.4 Å². The number of halogens is 1. The lowest BCUT2D eigenvalue weighted by atomic mass is 10.1. The van der Waals surface area contributed by atoms with Gasteiger partial charge in [0.05, 0.1) is 12.6 Å². The van der Waals surface area contributed by atoms with Gasteiger partial charge in [-0.15, -0.1) is 0 Å². The molecule has 0 bridgehead atoms. The zero-order chi connectivity index (χ0) is 13.8. The molecule has 5 heteroatoms. The van der Waals surface area contributed by atoms with E-state index in [-0.39, 0.29) is 18.2 Å². The Balaban J connectivity index is 2.71. The summed E-state index contributed by atoms with van der Waals surface area (Å²) in [6.45, 7) is 6.10. The maximum atomic E-state index is 9.45. The van der Waals surface area contributed by atoms with Crippen LogP contribution in [0.2, 0.25) is 0 Å². The van der Waals surface area contributed by atoms with Crippen LogP contribution in [0.15, 0.2) is 28.7 Å². The van der Waals surface area contributed by atoms with Crippen LogP contribution in [0.4, 0.5) is 0 Å². The summed E-state index contributed by atoms with van der Waals surface area (Å²) in [6, 6.07) is 7.60. The van der Waals surface area contributed by atoms with Crippen LogP contribution in [0.5, 0.6) is 0 Å². The molecule has 3 N–H and O–H groups in total. The number of hydrogen-bond donors (Lipinski definition) is 3. The van der Waals surface area contributed by atoms with Gasteiger partial charge in [0, 0.05) is 10.0 Å². The number of aliphatic hydroxyl groups excluding tert-OH is 1. The molecule has 0 saturated carbocycles. The van der Waals surface area contributed by atoms with Gasteiger partial charge in [-0.25, -0.2) is 0 Å². The normalized spacial score (nSPS) is 12.9. The molecule has 0 heterocycles. The van der Waals surface area contributed by atoms with Crippen LogP contribution in [-0.4, -0.2) is 22.4 Å². The number of hydrogen-bond acceptors (Lipinski definition) is 2. The third-order valence-corrected chi connectivity index (χ3v) is 2.94. The molecule has 100 valence electrons. The molecule has 0 aromatic heterocycles. The number of aliphatic hydroxyl groups is 1. The Bertz CT molecular complexity index is 418. The Kier molecular flexibility index (Phi) is 5.56. The van der Waals surface area contributed by atoms with Gasteiger partial charge in [0.15, 0.2) is 5.11 Å². The van der Waals surface area contributed by atoms with Crippen LogP contribution in [0, 0.1) is 0 Å². The zero-order valence-corrected chi connectivity index (χ0v) is 13.2. The highest BCUT2D eigenvalue weighted by molar-refractivity contribution is 9.10. The molecule has 0 saturated heterocycles. The molecule has 1 aromatic carbocycles. The summed E-state index contributed by atoms with van der Waals surface area (Å²) in [7, 11) is 0. The topological polar surface area (TPSA) is 44.3 Å². The smallest absolute Gasteiger partial charge is 0.167 e. The SMILES string of the molecule is CC(C)(C)NC(=S)NC(CO)c1cccc(Br)c1. The van der Waals surface area contributed by atoms with E-state index in [2.05, 4.69) is 26.6 Å². The molecule has 0 aliphatic heterocycles. The second-order valence-electron chi connectivity index (χ2n) is 5.14. The Hall–Kier alpha value is -0.650. The number of rotatable bonds is 3. The Morgan fingerprint density at radius 2 is 2.11 bits per heavy atom. The van der Waals surface area contributed by atoms with Gasteiger partial charge in [0.25, 0.3) is 0 Å². The van der Waals surface area contributed by atoms with E-state index >= 15 is 0 Å². The summed E-state index contributed by atoms with van der Waals surface area (Å²) in [5.74, 6) is 0. The number of benzene rings is 1. The van der Waals surface area contributed by atoms with Gasteiger partial charge in [-0.1, -0.05) is 28.1 Å². The maximum absolute atomic E-state index is 9.45. The van der Waals surface area contributed by atoms with Gasteiger partial charge < -0.3 is 15.7 Å². The highest BCUT2D eigenvalue weighted by Crippen LogP contribution is 2.18. The van der Waals surface area contributed by atoms with E-state index in [4.69, 9.17) is 12.2 Å². The first-order chi connectivity index (χ1) is 8.31. The summed E-state index contributed by atoms with van der Waals surface area (Å²) in [5, 5.41) is 16.3. The fraction of sp³-hybridized carbons (Fsp3) is 0.462. The molecule has 0 amide bonds. The summed E-state index contributed by atoms with van der Waals surface area (Å²) in [6.07, 6.45) is 0. The first-order valence-electron chi connectivity index (χ1n) is 5.77. The minimum Gasteiger partial charge on any atom is -0.394 e. The van der Waals surface area contributed by atoms with Crippen molar-refractivity contribution in [1.29, 1.82) is 0 Å². The summed E-state index contributed by atoms with van der Waals surface area (Å²) < 4.78 is 0.981. The molecule has 0 aliphatic rings. The first kappa shape index (κ1) is 15.4. The molecule has 0 aliphatic carbocycles. The van der Waals surface area contributed by atoms with E-state index in [1.165, 1.54) is 0 Å². The van der Waals surface area contributed by atoms with Crippen LogP contribution in [0.3, 0.4) is 0 Å². The van der Waals surface area contributed by atoms with Crippen molar-refractivity contribution in [3.63, 3.8) is 0 Å². The molecule has 0 spiro atoms. The van der Waals surface area contributed by atoms with Crippen LogP contribution < -0.4 is 10.6 Å². The Morgan fingerprint density at radius 1 is 1.44 bits per heavy atom. The Labute approximate surface area is 122 Å². The van der Waals surface area contributed by atoms with Crippen molar-refractivity contribution in [3.05, 3.63) is 34.3 Å². The van der Waals surface area contributed by atoms with Crippen molar-refractivity contribution in [1.82, 2.24) is 10.6 Å². The minimum atomic E-state index is -0.204. The summed E-state index contributed by atoms with van der Waals surface area (Å²) >= 11 is 8.65. The molecular weight excluding hydrogens is 312 g/mol. The van der Waals surface area contributed by atoms with E-state index in [1.807, 2.05) is 45.0 Å². The van der Waals surface area contributed by atoms with Crippen LogP contribution in [0.1, 0.15) is 32.4 Å². The second kappa shape index (κ2) is 6.50. The Morgan fingerprint density at radius 3 is 2.61 bits per heavy atom. The maximum Gasteiger partial charge on any atom is 0.167 e. The number of nitrogens with one attached hydrogen (secondary N) is 2. The third kappa shape index (κ3) is 5.33. The molecule has 0 radical (unpaired) electrons. The molecule has 0 fully saturated rings. The van der Waals surface area contributed by atoms with Crippen LogP contribution >= 0.6 is 28.1 Å². The lowest BCUT2D eigenvalue weighted by Gasteiger charge is -2.26. The molecular formula is C13H19BrN2OS. The zero-order valence-electron chi connectivity index (χ0n) is 10.8. The lowest BCUT2D eigenvalue weighted by Crippen LogP contribution is -2.47. The molecule has 3 nitrogen and oxygen atoms in total. The summed E-state index contributed by atoms with van der Waals surface area (Å²) in [4.78, 5) is 0. The largest absolute Gasteiger partial charge is 0.394 e. The van der Waals surface area contributed by atoms with Crippen molar-refractivity contribution in [3.8, 4) is 0 Å². The van der Waals surface area contributed by atoms with Gasteiger partial charge in [0.2, 0.25) is 0 Å². The van der Waals surface area contributed by atoms with Gasteiger partial charge >= 0.3 is 0 Å². The molecule has 1 atom stereocenters. The van der Waals surface area contributed by atoms with Crippen molar-refractivity contribution in [2.75, 3.05) is 6.61 Å². The van der Waals surface area contributed by atoms with E-state index in [9.17, 15) is 5.11 Å². The van der Waals surface area contributed by atoms with E-state index in [0.717, 1.165) is 10.0 Å². The van der Waals surface area contributed by atoms with Crippen molar-refractivity contribution < 1.29 is 5.11 Å². The lowest BCUT2D eigenvalue weighted by molar-refractivity contribution is 0.257. The quantitative estimate of drug-likeness (QED) is 0.746. The predicted octanol–water partition coefficient (Wildman–Crippen LogP) is 2.75. The average Bonchev–Trinajstić information content (AvgIpc) is 2.23. The predicted molar refractivity (Wildman–Crippen MR) is 82.6 cm³/mol. The third-order valence-electron chi connectivity index (χ3n) is 2.23. The summed E-state index contributed by atoms with van der Waals surface area (Å²) in [5.41, 5.74) is 0.895. The van der Waals surface area contributed by atoms with Crippen molar-refractivity contribution in [2.24, 2.45) is 0 Å². The highest BCUT2D eigenvalue weighted by atomic mass is 79.9. The monoisotopic (exact) mass is 330 g/mol. The van der Waals surface area contributed by atoms with Gasteiger partial charge in [0.1, 0.15) is 0 Å². The fourth-order valence-corrected chi connectivity index (χ4v) is 2.36. The molecule has 1 unspecified atom stereocenters. The highest BCUT2D eigenvalue weighted by Gasteiger charge is 2.15. The molecule has 18 heavy (non-hydrogen) atoms. The van der Waals surface area contributed by atoms with Crippen molar-refractivity contribution >= 4 is 33.3 Å².